The SMILES string of the molecule is COc1ccc2nc(OC)c(-c3noc(-c4ccncc4)n3)cc2c1. The summed E-state index contributed by atoms with van der Waals surface area (Å²) < 4.78 is 16.0. The van der Waals surface area contributed by atoms with Crippen LogP contribution in [0, 0.1) is 0 Å². The summed E-state index contributed by atoms with van der Waals surface area (Å²) in [5, 5.41) is 4.96. The first-order valence-electron chi connectivity index (χ1n) is 7.56. The van der Waals surface area contributed by atoms with E-state index in [0.717, 1.165) is 22.2 Å². The second-order valence-corrected chi connectivity index (χ2v) is 5.26. The van der Waals surface area contributed by atoms with Crippen LogP contribution in [0.4, 0.5) is 0 Å². The maximum Gasteiger partial charge on any atom is 0.258 e. The molecule has 0 radical (unpaired) electrons. The maximum absolute atomic E-state index is 5.41. The summed E-state index contributed by atoms with van der Waals surface area (Å²) in [6.45, 7) is 0. The van der Waals surface area contributed by atoms with Gasteiger partial charge in [0.15, 0.2) is 0 Å². The largest absolute Gasteiger partial charge is 0.497 e. The van der Waals surface area contributed by atoms with Crippen molar-refractivity contribution in [3.63, 3.8) is 0 Å². The molecule has 124 valence electrons. The summed E-state index contributed by atoms with van der Waals surface area (Å²) in [7, 11) is 3.18. The molecule has 4 rings (SSSR count). The lowest BCUT2D eigenvalue weighted by molar-refractivity contribution is 0.399. The number of nitrogens with zero attached hydrogens (tertiary/aromatic N) is 4. The van der Waals surface area contributed by atoms with Crippen molar-refractivity contribution in [1.29, 1.82) is 0 Å². The van der Waals surface area contributed by atoms with Crippen LogP contribution in [-0.2, 0) is 0 Å². The number of aromatic nitrogens is 4. The van der Waals surface area contributed by atoms with Gasteiger partial charge in [-0.2, -0.15) is 4.98 Å². The average molecular weight is 334 g/mol. The van der Waals surface area contributed by atoms with Gasteiger partial charge in [0.25, 0.3) is 5.89 Å². The van der Waals surface area contributed by atoms with Gasteiger partial charge >= 0.3 is 0 Å². The molecule has 0 saturated heterocycles. The van der Waals surface area contributed by atoms with Crippen LogP contribution in [-0.4, -0.2) is 34.3 Å². The van der Waals surface area contributed by atoms with Crippen molar-refractivity contribution in [2.75, 3.05) is 14.2 Å². The Labute approximate surface area is 143 Å². The highest BCUT2D eigenvalue weighted by Crippen LogP contribution is 2.32. The summed E-state index contributed by atoms with van der Waals surface area (Å²) in [5.41, 5.74) is 2.23. The molecule has 0 aliphatic carbocycles. The van der Waals surface area contributed by atoms with Crippen molar-refractivity contribution in [1.82, 2.24) is 20.1 Å². The van der Waals surface area contributed by atoms with E-state index in [9.17, 15) is 0 Å². The molecular weight excluding hydrogens is 320 g/mol. The normalized spacial score (nSPS) is 10.8. The van der Waals surface area contributed by atoms with E-state index in [1.807, 2.05) is 24.3 Å². The topological polar surface area (TPSA) is 83.2 Å². The fourth-order valence-corrected chi connectivity index (χ4v) is 2.52. The van der Waals surface area contributed by atoms with Crippen molar-refractivity contribution < 1.29 is 14.0 Å². The Morgan fingerprint density at radius 1 is 0.920 bits per heavy atom. The Hall–Kier alpha value is -3.48. The first kappa shape index (κ1) is 15.1. The van der Waals surface area contributed by atoms with Gasteiger partial charge < -0.3 is 14.0 Å². The van der Waals surface area contributed by atoms with Crippen molar-refractivity contribution >= 4 is 10.9 Å². The van der Waals surface area contributed by atoms with Crippen molar-refractivity contribution in [2.45, 2.75) is 0 Å². The maximum atomic E-state index is 5.41. The molecular formula is C18H14N4O3. The van der Waals surface area contributed by atoms with Gasteiger partial charge in [0.05, 0.1) is 25.3 Å². The Kier molecular flexibility index (Phi) is 3.74. The lowest BCUT2D eigenvalue weighted by Crippen LogP contribution is -1.94. The highest BCUT2D eigenvalue weighted by molar-refractivity contribution is 5.86. The van der Waals surface area contributed by atoms with Crippen LogP contribution in [0.3, 0.4) is 0 Å². The van der Waals surface area contributed by atoms with E-state index >= 15 is 0 Å². The van der Waals surface area contributed by atoms with Gasteiger partial charge in [-0.3, -0.25) is 4.98 Å². The van der Waals surface area contributed by atoms with Gasteiger partial charge in [0.2, 0.25) is 11.7 Å². The third kappa shape index (κ3) is 2.76. The van der Waals surface area contributed by atoms with E-state index in [4.69, 9.17) is 14.0 Å². The summed E-state index contributed by atoms with van der Waals surface area (Å²) in [4.78, 5) is 13.0. The molecule has 3 aromatic heterocycles. The van der Waals surface area contributed by atoms with E-state index in [2.05, 4.69) is 20.1 Å². The predicted molar refractivity (Wildman–Crippen MR) is 91.4 cm³/mol. The molecule has 0 unspecified atom stereocenters. The smallest absolute Gasteiger partial charge is 0.258 e. The number of methoxy groups -OCH3 is 2. The summed E-state index contributed by atoms with van der Waals surface area (Å²) in [5.74, 6) is 1.99. The van der Waals surface area contributed by atoms with Gasteiger partial charge in [0.1, 0.15) is 5.75 Å². The predicted octanol–water partition coefficient (Wildman–Crippen LogP) is 3.36. The summed E-state index contributed by atoms with van der Waals surface area (Å²) >= 11 is 0. The van der Waals surface area contributed by atoms with Gasteiger partial charge in [0, 0.05) is 23.3 Å². The van der Waals surface area contributed by atoms with Crippen LogP contribution in [0.1, 0.15) is 0 Å². The van der Waals surface area contributed by atoms with Crippen LogP contribution in [0.25, 0.3) is 33.7 Å². The number of benzene rings is 1. The first-order valence-corrected chi connectivity index (χ1v) is 7.56. The third-order valence-corrected chi connectivity index (χ3v) is 3.77. The minimum atomic E-state index is 0.404. The number of hydrogen-bond acceptors (Lipinski definition) is 7. The van der Waals surface area contributed by atoms with Crippen molar-refractivity contribution in [3.8, 4) is 34.5 Å². The second-order valence-electron chi connectivity index (χ2n) is 5.26. The van der Waals surface area contributed by atoms with Crippen LogP contribution < -0.4 is 9.47 Å². The minimum Gasteiger partial charge on any atom is -0.497 e. The monoisotopic (exact) mass is 334 g/mol. The molecule has 25 heavy (non-hydrogen) atoms. The number of ether oxygens (including phenoxy) is 2. The number of rotatable bonds is 4. The lowest BCUT2D eigenvalue weighted by Gasteiger charge is -2.07. The number of pyridine rings is 2. The number of hydrogen-bond donors (Lipinski definition) is 0. The minimum absolute atomic E-state index is 0.404. The molecule has 0 aliphatic heterocycles. The lowest BCUT2D eigenvalue weighted by atomic mass is 10.1. The Morgan fingerprint density at radius 2 is 1.76 bits per heavy atom. The molecule has 0 aliphatic rings. The standard InChI is InChI=1S/C18H14N4O3/c1-23-13-3-4-15-12(9-13)10-14(18(20-15)24-2)16-21-17(25-22-16)11-5-7-19-8-6-11/h3-10H,1-2H3. The molecule has 0 bridgehead atoms. The van der Waals surface area contributed by atoms with Gasteiger partial charge in [-0.05, 0) is 36.4 Å². The van der Waals surface area contributed by atoms with E-state index in [-0.39, 0.29) is 0 Å². The molecule has 4 aromatic rings. The Bertz CT molecular complexity index is 1030. The zero-order chi connectivity index (χ0) is 17.2. The zero-order valence-electron chi connectivity index (χ0n) is 13.6. The Balaban J connectivity index is 1.84. The van der Waals surface area contributed by atoms with E-state index < -0.39 is 0 Å². The Morgan fingerprint density at radius 3 is 2.52 bits per heavy atom. The molecule has 0 N–H and O–H groups in total. The molecule has 1 aromatic carbocycles. The zero-order valence-corrected chi connectivity index (χ0v) is 13.6. The second kappa shape index (κ2) is 6.20. The van der Waals surface area contributed by atoms with Gasteiger partial charge in [-0.25, -0.2) is 4.98 Å². The van der Waals surface area contributed by atoms with Crippen molar-refractivity contribution in [2.24, 2.45) is 0 Å². The fourth-order valence-electron chi connectivity index (χ4n) is 2.52. The summed E-state index contributed by atoms with van der Waals surface area (Å²) in [6.07, 6.45) is 3.34. The van der Waals surface area contributed by atoms with Crippen LogP contribution in [0.5, 0.6) is 11.6 Å². The molecule has 0 spiro atoms. The highest BCUT2D eigenvalue weighted by Gasteiger charge is 2.17. The van der Waals surface area contributed by atoms with E-state index in [1.165, 1.54) is 0 Å². The molecule has 0 saturated carbocycles. The average Bonchev–Trinajstić information content (AvgIpc) is 3.17. The molecule has 0 amide bonds. The third-order valence-electron chi connectivity index (χ3n) is 3.77. The quantitative estimate of drug-likeness (QED) is 0.566. The van der Waals surface area contributed by atoms with Crippen molar-refractivity contribution in [3.05, 3.63) is 48.8 Å². The van der Waals surface area contributed by atoms with E-state index in [0.29, 0.717) is 23.2 Å². The highest BCUT2D eigenvalue weighted by atomic mass is 16.5. The molecule has 0 atom stereocenters. The van der Waals surface area contributed by atoms with Crippen LogP contribution >= 0.6 is 0 Å². The van der Waals surface area contributed by atoms with E-state index in [1.54, 1.807) is 38.7 Å². The molecule has 0 fully saturated rings. The summed E-state index contributed by atoms with van der Waals surface area (Å²) in [6, 6.07) is 11.1. The number of fused-ring (bicyclic) bond motifs is 1. The molecule has 7 heteroatoms. The van der Waals surface area contributed by atoms with Crippen LogP contribution in [0.15, 0.2) is 53.3 Å². The molecule has 7 nitrogen and oxygen atoms in total. The molecule has 3 heterocycles. The van der Waals surface area contributed by atoms with Gasteiger partial charge in [-0.15, -0.1) is 0 Å². The van der Waals surface area contributed by atoms with Gasteiger partial charge in [-0.1, -0.05) is 5.16 Å². The van der Waals surface area contributed by atoms with Crippen LogP contribution in [0.2, 0.25) is 0 Å². The first-order chi connectivity index (χ1) is 12.3. The fraction of sp³-hybridized carbons (Fsp3) is 0.111.